The summed E-state index contributed by atoms with van der Waals surface area (Å²) in [6.07, 6.45) is 0. The first-order valence-corrected chi connectivity index (χ1v) is 11.7. The van der Waals surface area contributed by atoms with Gasteiger partial charge in [-0.15, -0.1) is 11.8 Å². The number of halogens is 1. The van der Waals surface area contributed by atoms with E-state index in [1.165, 1.54) is 47.0 Å². The molecule has 2 atom stereocenters. The summed E-state index contributed by atoms with van der Waals surface area (Å²) < 4.78 is 20.2. The second kappa shape index (κ2) is 10.4. The Labute approximate surface area is 206 Å². The van der Waals surface area contributed by atoms with Gasteiger partial charge in [0.1, 0.15) is 17.5 Å². The molecule has 0 unspecified atom stereocenters. The van der Waals surface area contributed by atoms with E-state index < -0.39 is 53.3 Å². The Hall–Kier alpha value is -3.44. The molecule has 0 aliphatic carbocycles. The number of hydrogen-bond donors (Lipinski definition) is 2. The average Bonchev–Trinajstić information content (AvgIpc) is 3.16. The lowest BCUT2D eigenvalue weighted by atomic mass is 10.1. The summed E-state index contributed by atoms with van der Waals surface area (Å²) in [5, 5.41) is 8.55. The lowest BCUT2D eigenvalue weighted by Gasteiger charge is -2.31. The van der Waals surface area contributed by atoms with Gasteiger partial charge in [-0.3, -0.25) is 14.5 Å². The molecule has 9 nitrogen and oxygen atoms in total. The molecule has 2 aromatic carbocycles. The number of hydrogen-bond acceptors (Lipinski definition) is 7. The minimum Gasteiger partial charge on any atom is -0.478 e. The molecule has 0 aromatic heterocycles. The third-order valence-corrected chi connectivity index (χ3v) is 6.45. The fraction of sp³-hybridized carbons (Fsp3) is 0.333. The van der Waals surface area contributed by atoms with Gasteiger partial charge in [0.25, 0.3) is 0 Å². The number of esters is 1. The number of ether oxygens (including phenoxy) is 1. The van der Waals surface area contributed by atoms with Gasteiger partial charge in [0.2, 0.25) is 5.91 Å². The van der Waals surface area contributed by atoms with E-state index in [2.05, 4.69) is 0 Å². The number of amides is 3. The number of carboxylic acids is 1. The zero-order valence-corrected chi connectivity index (χ0v) is 20.3. The molecule has 0 spiro atoms. The van der Waals surface area contributed by atoms with Gasteiger partial charge in [0.05, 0.1) is 23.2 Å². The standard InChI is InChI=1S/C24H26FN3O6S/c1-24(2,3)34-22(32)18-13-35-20(16-9-4-5-10-17(16)25)27(18)12-19(29)28(23(26)33)15-8-6-7-14(11-15)21(30)31/h4-11,18,20H,12-13H2,1-3H3,(H2,26,33)(H,30,31)/t18-,20+/m0/s1. The number of urea groups is 1. The van der Waals surface area contributed by atoms with Crippen molar-refractivity contribution in [2.75, 3.05) is 17.2 Å². The van der Waals surface area contributed by atoms with Gasteiger partial charge >= 0.3 is 18.0 Å². The molecule has 3 N–H and O–H groups in total. The predicted molar refractivity (Wildman–Crippen MR) is 128 cm³/mol. The Bertz CT molecular complexity index is 1150. The Morgan fingerprint density at radius 1 is 1.17 bits per heavy atom. The zero-order valence-electron chi connectivity index (χ0n) is 19.4. The highest BCUT2D eigenvalue weighted by Gasteiger charge is 2.44. The lowest BCUT2D eigenvalue weighted by Crippen LogP contribution is -2.50. The van der Waals surface area contributed by atoms with Gasteiger partial charge in [-0.05, 0) is 45.0 Å². The van der Waals surface area contributed by atoms with Crippen molar-refractivity contribution < 1.29 is 33.4 Å². The first kappa shape index (κ1) is 26.2. The maximum atomic E-state index is 14.6. The second-order valence-electron chi connectivity index (χ2n) is 8.85. The first-order chi connectivity index (χ1) is 16.4. The van der Waals surface area contributed by atoms with Gasteiger partial charge in [-0.1, -0.05) is 24.3 Å². The summed E-state index contributed by atoms with van der Waals surface area (Å²) in [4.78, 5) is 51.9. The minimum absolute atomic E-state index is 0.0366. The zero-order chi connectivity index (χ0) is 25.9. The Balaban J connectivity index is 1.96. The topological polar surface area (TPSA) is 130 Å². The Morgan fingerprint density at radius 3 is 2.46 bits per heavy atom. The van der Waals surface area contributed by atoms with Crippen LogP contribution in [0.4, 0.5) is 14.9 Å². The quantitative estimate of drug-likeness (QED) is 0.574. The third kappa shape index (κ3) is 6.17. The van der Waals surface area contributed by atoms with Gasteiger partial charge in [0, 0.05) is 11.3 Å². The van der Waals surface area contributed by atoms with Crippen LogP contribution in [-0.2, 0) is 14.3 Å². The normalized spacial score (nSPS) is 18.2. The van der Waals surface area contributed by atoms with E-state index in [1.54, 1.807) is 32.9 Å². The van der Waals surface area contributed by atoms with Crippen molar-refractivity contribution in [3.05, 3.63) is 65.5 Å². The van der Waals surface area contributed by atoms with Crippen LogP contribution in [0, 0.1) is 5.82 Å². The van der Waals surface area contributed by atoms with Crippen LogP contribution in [-0.4, -0.2) is 57.8 Å². The number of carbonyl (C=O) groups is 4. The van der Waals surface area contributed by atoms with E-state index in [4.69, 9.17) is 10.5 Å². The largest absolute Gasteiger partial charge is 0.478 e. The van der Waals surface area contributed by atoms with Crippen LogP contribution in [0.5, 0.6) is 0 Å². The number of nitrogens with two attached hydrogens (primary N) is 1. The van der Waals surface area contributed by atoms with Crippen molar-refractivity contribution in [2.24, 2.45) is 5.73 Å². The highest BCUT2D eigenvalue weighted by molar-refractivity contribution is 7.99. The van der Waals surface area contributed by atoms with Crippen LogP contribution in [0.15, 0.2) is 48.5 Å². The smallest absolute Gasteiger partial charge is 0.335 e. The maximum Gasteiger partial charge on any atom is 0.335 e. The van der Waals surface area contributed by atoms with E-state index in [0.717, 1.165) is 6.07 Å². The summed E-state index contributed by atoms with van der Waals surface area (Å²) in [5.74, 6) is -2.92. The Kier molecular flexibility index (Phi) is 7.81. The summed E-state index contributed by atoms with van der Waals surface area (Å²) in [7, 11) is 0. The minimum atomic E-state index is -1.25. The van der Waals surface area contributed by atoms with E-state index in [-0.39, 0.29) is 22.6 Å². The van der Waals surface area contributed by atoms with E-state index in [1.807, 2.05) is 0 Å². The van der Waals surface area contributed by atoms with E-state index in [0.29, 0.717) is 4.90 Å². The van der Waals surface area contributed by atoms with Crippen LogP contribution in [0.2, 0.25) is 0 Å². The highest BCUT2D eigenvalue weighted by Crippen LogP contribution is 2.42. The molecule has 1 aliphatic rings. The highest BCUT2D eigenvalue weighted by atomic mass is 32.2. The van der Waals surface area contributed by atoms with Crippen LogP contribution in [0.25, 0.3) is 0 Å². The second-order valence-corrected chi connectivity index (χ2v) is 9.96. The molecule has 3 amide bonds. The van der Waals surface area contributed by atoms with Gasteiger partial charge in [-0.25, -0.2) is 18.9 Å². The van der Waals surface area contributed by atoms with Crippen molar-refractivity contribution >= 4 is 41.3 Å². The number of carboxylic acid groups (broad SMARTS) is 1. The maximum absolute atomic E-state index is 14.6. The molecule has 1 aliphatic heterocycles. The third-order valence-electron chi connectivity index (χ3n) is 5.10. The number of anilines is 1. The summed E-state index contributed by atoms with van der Waals surface area (Å²) in [6.45, 7) is 4.65. The molecule has 35 heavy (non-hydrogen) atoms. The number of aromatic carboxylic acids is 1. The lowest BCUT2D eigenvalue weighted by molar-refractivity contribution is -0.160. The van der Waals surface area contributed by atoms with E-state index >= 15 is 0 Å². The molecule has 1 saturated heterocycles. The van der Waals surface area contributed by atoms with Gasteiger partial charge in [0.15, 0.2) is 0 Å². The average molecular weight is 504 g/mol. The monoisotopic (exact) mass is 503 g/mol. The summed E-state index contributed by atoms with van der Waals surface area (Å²) in [6, 6.07) is 9.19. The fourth-order valence-corrected chi connectivity index (χ4v) is 5.12. The summed E-state index contributed by atoms with van der Waals surface area (Å²) in [5.41, 5.74) is 4.77. The van der Waals surface area contributed by atoms with Gasteiger partial charge < -0.3 is 15.6 Å². The molecule has 0 radical (unpaired) electrons. The van der Waals surface area contributed by atoms with Crippen LogP contribution in [0.3, 0.4) is 0 Å². The van der Waals surface area contributed by atoms with Crippen molar-refractivity contribution in [3.8, 4) is 0 Å². The number of thioether (sulfide) groups is 1. The van der Waals surface area contributed by atoms with Crippen LogP contribution < -0.4 is 10.6 Å². The molecule has 2 aromatic rings. The molecular weight excluding hydrogens is 477 g/mol. The van der Waals surface area contributed by atoms with E-state index in [9.17, 15) is 28.7 Å². The Morgan fingerprint density at radius 2 is 1.86 bits per heavy atom. The van der Waals surface area contributed by atoms with Crippen molar-refractivity contribution in [1.82, 2.24) is 4.90 Å². The molecule has 186 valence electrons. The number of imide groups is 1. The number of primary amides is 1. The molecule has 3 rings (SSSR count). The molecule has 0 bridgehead atoms. The molecule has 1 heterocycles. The van der Waals surface area contributed by atoms with Crippen LogP contribution >= 0.6 is 11.8 Å². The predicted octanol–water partition coefficient (Wildman–Crippen LogP) is 3.39. The van der Waals surface area contributed by atoms with Crippen molar-refractivity contribution in [2.45, 2.75) is 37.8 Å². The van der Waals surface area contributed by atoms with Crippen LogP contribution in [0.1, 0.15) is 42.1 Å². The van der Waals surface area contributed by atoms with Crippen molar-refractivity contribution in [3.63, 3.8) is 0 Å². The first-order valence-electron chi connectivity index (χ1n) is 10.7. The number of rotatable bonds is 6. The number of nitrogens with zero attached hydrogens (tertiary/aromatic N) is 2. The molecule has 11 heteroatoms. The molecule has 0 saturated carbocycles. The number of carbonyl (C=O) groups excluding carboxylic acids is 3. The SMILES string of the molecule is CC(C)(C)OC(=O)[C@@H]1CS[C@H](c2ccccc2F)N1CC(=O)N(C(N)=O)c1cccc(C(=O)O)c1. The molecule has 1 fully saturated rings. The number of benzene rings is 2. The van der Waals surface area contributed by atoms with Gasteiger partial charge in [-0.2, -0.15) is 0 Å². The summed E-state index contributed by atoms with van der Waals surface area (Å²) >= 11 is 1.26. The van der Waals surface area contributed by atoms with Crippen molar-refractivity contribution in [1.29, 1.82) is 0 Å². The molecular formula is C24H26FN3O6S. The fourth-order valence-electron chi connectivity index (χ4n) is 3.65.